The number of likely N-dealkylation sites (tertiary alicyclic amines) is 1. The second-order valence-electron chi connectivity index (χ2n) is 9.11. The number of aryl methyl sites for hydroxylation is 1. The fourth-order valence-corrected chi connectivity index (χ4v) is 4.63. The van der Waals surface area contributed by atoms with E-state index >= 15 is 0 Å². The number of anilines is 2. The number of hydrogen-bond acceptors (Lipinski definition) is 7. The molecule has 0 radical (unpaired) electrons. The Kier molecular flexibility index (Phi) is 9.13. The molecule has 4 rings (SSSR count). The van der Waals surface area contributed by atoms with Crippen LogP contribution in [0.5, 0.6) is 5.75 Å². The molecule has 1 aliphatic heterocycles. The standard InChI is InChI=1S/C27H38N6O3/c1-4-32(19-20-35-2)26(34)24-14-13-23-25(29-24)33(18-8-17-31-15-6-5-7-16-31)27(30-23)28-21-9-11-22(36-3)12-10-21/h9-14H,4-8,15-20H2,1-3H3,(H,28,30). The summed E-state index contributed by atoms with van der Waals surface area (Å²) in [5.74, 6) is 1.43. The minimum absolute atomic E-state index is 0.0952. The second-order valence-corrected chi connectivity index (χ2v) is 9.11. The largest absolute Gasteiger partial charge is 0.497 e. The number of aromatic nitrogens is 3. The van der Waals surface area contributed by atoms with Crippen molar-refractivity contribution >= 4 is 28.7 Å². The SMILES string of the molecule is CCN(CCOC)C(=O)c1ccc2nc(Nc3ccc(OC)cc3)n(CCCN3CCCCC3)c2n1. The van der Waals surface area contributed by atoms with Crippen molar-refractivity contribution in [3.63, 3.8) is 0 Å². The lowest BCUT2D eigenvalue weighted by atomic mass is 10.1. The number of carbonyl (C=O) groups is 1. The van der Waals surface area contributed by atoms with E-state index in [0.29, 0.717) is 25.4 Å². The maximum absolute atomic E-state index is 13.2. The number of rotatable bonds is 12. The molecular formula is C27H38N6O3. The number of ether oxygens (including phenoxy) is 2. The summed E-state index contributed by atoms with van der Waals surface area (Å²) < 4.78 is 12.6. The van der Waals surface area contributed by atoms with Crippen molar-refractivity contribution in [3.05, 3.63) is 42.1 Å². The normalized spacial score (nSPS) is 14.2. The summed E-state index contributed by atoms with van der Waals surface area (Å²) in [6.45, 7) is 7.74. The maximum Gasteiger partial charge on any atom is 0.272 e. The second kappa shape index (κ2) is 12.7. The smallest absolute Gasteiger partial charge is 0.272 e. The number of nitrogens with one attached hydrogen (secondary N) is 1. The van der Waals surface area contributed by atoms with Gasteiger partial charge in [0.25, 0.3) is 5.91 Å². The van der Waals surface area contributed by atoms with E-state index in [-0.39, 0.29) is 5.91 Å². The van der Waals surface area contributed by atoms with Crippen molar-refractivity contribution in [2.75, 3.05) is 58.9 Å². The van der Waals surface area contributed by atoms with E-state index in [2.05, 4.69) is 14.8 Å². The molecule has 9 nitrogen and oxygen atoms in total. The summed E-state index contributed by atoms with van der Waals surface area (Å²) in [7, 11) is 3.30. The Hall–Kier alpha value is -3.17. The number of methoxy groups -OCH3 is 2. The van der Waals surface area contributed by atoms with Gasteiger partial charge in [0.2, 0.25) is 5.95 Å². The third-order valence-corrected chi connectivity index (χ3v) is 6.70. The molecule has 0 spiro atoms. The van der Waals surface area contributed by atoms with Gasteiger partial charge in [-0.3, -0.25) is 9.36 Å². The van der Waals surface area contributed by atoms with Gasteiger partial charge in [0.05, 0.1) is 13.7 Å². The molecule has 194 valence electrons. The summed E-state index contributed by atoms with van der Waals surface area (Å²) in [5, 5.41) is 3.44. The first-order valence-corrected chi connectivity index (χ1v) is 12.9. The zero-order valence-corrected chi connectivity index (χ0v) is 21.7. The van der Waals surface area contributed by atoms with Gasteiger partial charge in [0, 0.05) is 32.4 Å². The molecule has 1 amide bonds. The number of piperidine rings is 1. The van der Waals surface area contributed by atoms with E-state index in [1.807, 2.05) is 37.3 Å². The van der Waals surface area contributed by atoms with Gasteiger partial charge >= 0.3 is 0 Å². The molecular weight excluding hydrogens is 456 g/mol. The Morgan fingerprint density at radius 3 is 2.50 bits per heavy atom. The average Bonchev–Trinajstić information content (AvgIpc) is 3.26. The molecule has 0 saturated carbocycles. The van der Waals surface area contributed by atoms with Gasteiger partial charge in [-0.05, 0) is 82.2 Å². The van der Waals surface area contributed by atoms with E-state index < -0.39 is 0 Å². The highest BCUT2D eigenvalue weighted by molar-refractivity contribution is 5.94. The molecule has 36 heavy (non-hydrogen) atoms. The van der Waals surface area contributed by atoms with Gasteiger partial charge in [0.15, 0.2) is 5.65 Å². The average molecular weight is 495 g/mol. The quantitative estimate of drug-likeness (QED) is 0.405. The van der Waals surface area contributed by atoms with Crippen LogP contribution in [0.1, 0.15) is 43.1 Å². The molecule has 1 N–H and O–H groups in total. The molecule has 0 unspecified atom stereocenters. The number of hydrogen-bond donors (Lipinski definition) is 1. The highest BCUT2D eigenvalue weighted by Gasteiger charge is 2.19. The first kappa shape index (κ1) is 25.9. The Morgan fingerprint density at radius 2 is 1.81 bits per heavy atom. The van der Waals surface area contributed by atoms with Crippen molar-refractivity contribution in [1.29, 1.82) is 0 Å². The van der Waals surface area contributed by atoms with Crippen molar-refractivity contribution in [1.82, 2.24) is 24.3 Å². The summed E-state index contributed by atoms with van der Waals surface area (Å²) in [6, 6.07) is 11.4. The molecule has 1 fully saturated rings. The van der Waals surface area contributed by atoms with Gasteiger partial charge in [-0.25, -0.2) is 9.97 Å². The van der Waals surface area contributed by atoms with Crippen LogP contribution in [-0.4, -0.2) is 83.8 Å². The van der Waals surface area contributed by atoms with E-state index in [1.54, 1.807) is 25.2 Å². The lowest BCUT2D eigenvalue weighted by Crippen LogP contribution is -2.34. The van der Waals surface area contributed by atoms with Crippen molar-refractivity contribution in [2.24, 2.45) is 0 Å². The highest BCUT2D eigenvalue weighted by atomic mass is 16.5. The van der Waals surface area contributed by atoms with Crippen LogP contribution in [0, 0.1) is 0 Å². The molecule has 1 saturated heterocycles. The first-order valence-electron chi connectivity index (χ1n) is 12.9. The van der Waals surface area contributed by atoms with Crippen molar-refractivity contribution in [3.8, 4) is 5.75 Å². The fraction of sp³-hybridized carbons (Fsp3) is 0.519. The number of benzene rings is 1. The third-order valence-electron chi connectivity index (χ3n) is 6.70. The Morgan fingerprint density at radius 1 is 1.03 bits per heavy atom. The zero-order chi connectivity index (χ0) is 25.3. The van der Waals surface area contributed by atoms with E-state index in [9.17, 15) is 4.79 Å². The summed E-state index contributed by atoms with van der Waals surface area (Å²) in [6.07, 6.45) is 4.88. The maximum atomic E-state index is 13.2. The van der Waals surface area contributed by atoms with Crippen LogP contribution >= 0.6 is 0 Å². The van der Waals surface area contributed by atoms with Crippen molar-refractivity contribution in [2.45, 2.75) is 39.2 Å². The van der Waals surface area contributed by atoms with E-state index in [1.165, 1.54) is 32.4 Å². The fourth-order valence-electron chi connectivity index (χ4n) is 4.63. The number of nitrogens with zero attached hydrogens (tertiary/aromatic N) is 5. The molecule has 1 aliphatic rings. The van der Waals surface area contributed by atoms with Crippen LogP contribution in [0.15, 0.2) is 36.4 Å². The first-order chi connectivity index (χ1) is 17.6. The number of fused-ring (bicyclic) bond motifs is 1. The van der Waals surface area contributed by atoms with Crippen LogP contribution in [0.3, 0.4) is 0 Å². The van der Waals surface area contributed by atoms with Gasteiger partial charge < -0.3 is 24.6 Å². The van der Waals surface area contributed by atoms with E-state index in [0.717, 1.165) is 48.1 Å². The van der Waals surface area contributed by atoms with Crippen LogP contribution in [0.2, 0.25) is 0 Å². The minimum Gasteiger partial charge on any atom is -0.497 e. The molecule has 0 aliphatic carbocycles. The van der Waals surface area contributed by atoms with Gasteiger partial charge in [-0.15, -0.1) is 0 Å². The van der Waals surface area contributed by atoms with Gasteiger partial charge in [-0.2, -0.15) is 0 Å². The molecule has 0 bridgehead atoms. The lowest BCUT2D eigenvalue weighted by molar-refractivity contribution is 0.0701. The highest BCUT2D eigenvalue weighted by Crippen LogP contribution is 2.24. The predicted octanol–water partition coefficient (Wildman–Crippen LogP) is 4.17. The molecule has 1 aromatic carbocycles. The number of imidazole rings is 1. The predicted molar refractivity (Wildman–Crippen MR) is 142 cm³/mol. The number of pyridine rings is 1. The molecule has 3 aromatic rings. The topological polar surface area (TPSA) is 84.8 Å². The van der Waals surface area contributed by atoms with E-state index in [4.69, 9.17) is 19.4 Å². The Labute approximate surface area is 213 Å². The summed E-state index contributed by atoms with van der Waals surface area (Å²) in [4.78, 5) is 27.1. The van der Waals surface area contributed by atoms with Crippen molar-refractivity contribution < 1.29 is 14.3 Å². The van der Waals surface area contributed by atoms with Crippen LogP contribution in [-0.2, 0) is 11.3 Å². The monoisotopic (exact) mass is 494 g/mol. The zero-order valence-electron chi connectivity index (χ0n) is 21.7. The number of amides is 1. The molecule has 3 heterocycles. The minimum atomic E-state index is -0.0952. The molecule has 0 atom stereocenters. The van der Waals surface area contributed by atoms with Crippen LogP contribution in [0.25, 0.3) is 11.2 Å². The summed E-state index contributed by atoms with van der Waals surface area (Å²) in [5.41, 5.74) is 2.82. The van der Waals surface area contributed by atoms with Gasteiger partial charge in [0.1, 0.15) is 17.0 Å². The number of carbonyl (C=O) groups excluding carboxylic acids is 1. The van der Waals surface area contributed by atoms with Gasteiger partial charge in [-0.1, -0.05) is 6.42 Å². The third kappa shape index (κ3) is 6.33. The summed E-state index contributed by atoms with van der Waals surface area (Å²) >= 11 is 0. The Bertz CT molecular complexity index is 1120. The van der Waals surface area contributed by atoms with Crippen LogP contribution in [0.4, 0.5) is 11.6 Å². The number of likely N-dealkylation sites (N-methyl/N-ethyl adjacent to an activating group) is 1. The molecule has 2 aromatic heterocycles. The Balaban J connectivity index is 1.61. The lowest BCUT2D eigenvalue weighted by Gasteiger charge is -2.26. The molecule has 9 heteroatoms. The van der Waals surface area contributed by atoms with Crippen LogP contribution < -0.4 is 10.1 Å².